The molecule has 0 aliphatic heterocycles. The number of ether oxygens (including phenoxy) is 2. The van der Waals surface area contributed by atoms with Gasteiger partial charge in [-0.15, -0.1) is 0 Å². The molecule has 0 heterocycles. The molecule has 4 heteroatoms. The van der Waals surface area contributed by atoms with Gasteiger partial charge in [0.05, 0.1) is 17.7 Å². The van der Waals surface area contributed by atoms with Crippen molar-refractivity contribution in [1.29, 1.82) is 0 Å². The van der Waals surface area contributed by atoms with Crippen LogP contribution in [-0.4, -0.2) is 25.4 Å². The Kier molecular flexibility index (Phi) is 6.47. The smallest absolute Gasteiger partial charge is 0.138 e. The van der Waals surface area contributed by atoms with Crippen molar-refractivity contribution in [3.8, 4) is 5.75 Å². The van der Waals surface area contributed by atoms with Gasteiger partial charge in [0.15, 0.2) is 0 Å². The zero-order valence-electron chi connectivity index (χ0n) is 11.3. The summed E-state index contributed by atoms with van der Waals surface area (Å²) < 4.78 is 11.0. The summed E-state index contributed by atoms with van der Waals surface area (Å²) in [5, 5.41) is 0.623. The summed E-state index contributed by atoms with van der Waals surface area (Å²) in [7, 11) is 0. The Labute approximate surface area is 114 Å². The Bertz CT molecular complexity index is 367. The molecule has 0 fully saturated rings. The van der Waals surface area contributed by atoms with E-state index >= 15 is 0 Å². The minimum absolute atomic E-state index is 0.132. The molecule has 1 unspecified atom stereocenters. The third-order valence-corrected chi connectivity index (χ3v) is 2.64. The number of halogens is 1. The molecule has 1 rings (SSSR count). The first-order chi connectivity index (χ1) is 8.49. The molecule has 1 atom stereocenters. The van der Waals surface area contributed by atoms with Crippen molar-refractivity contribution in [3.05, 3.63) is 28.8 Å². The molecule has 0 saturated heterocycles. The largest absolute Gasteiger partial charge is 0.490 e. The standard InChI is InChI=1S/C14H22ClNO2/c1-10(2)17-6-7-18-14-5-4-12(8-11(3)16)9-13(14)15/h4-5,9-11H,6-8,16H2,1-3H3. The first-order valence-electron chi connectivity index (χ1n) is 6.27. The molecule has 0 radical (unpaired) electrons. The molecule has 18 heavy (non-hydrogen) atoms. The van der Waals surface area contributed by atoms with Crippen LogP contribution in [0.2, 0.25) is 5.02 Å². The zero-order chi connectivity index (χ0) is 13.5. The maximum absolute atomic E-state index is 6.15. The Balaban J connectivity index is 2.47. The van der Waals surface area contributed by atoms with E-state index < -0.39 is 0 Å². The van der Waals surface area contributed by atoms with E-state index in [1.807, 2.05) is 39.0 Å². The highest BCUT2D eigenvalue weighted by molar-refractivity contribution is 6.32. The van der Waals surface area contributed by atoms with Crippen molar-refractivity contribution in [2.45, 2.75) is 39.3 Å². The Morgan fingerprint density at radius 1 is 1.22 bits per heavy atom. The molecule has 1 aromatic rings. The number of benzene rings is 1. The van der Waals surface area contributed by atoms with Crippen molar-refractivity contribution in [3.63, 3.8) is 0 Å². The molecule has 0 aliphatic carbocycles. The van der Waals surface area contributed by atoms with Crippen molar-refractivity contribution in [2.75, 3.05) is 13.2 Å². The number of hydrogen-bond acceptors (Lipinski definition) is 3. The van der Waals surface area contributed by atoms with E-state index in [1.165, 1.54) is 0 Å². The highest BCUT2D eigenvalue weighted by Crippen LogP contribution is 2.25. The summed E-state index contributed by atoms with van der Waals surface area (Å²) in [4.78, 5) is 0. The number of nitrogens with two attached hydrogens (primary N) is 1. The van der Waals surface area contributed by atoms with Gasteiger partial charge in [0.1, 0.15) is 12.4 Å². The Morgan fingerprint density at radius 3 is 2.50 bits per heavy atom. The molecule has 3 nitrogen and oxygen atoms in total. The van der Waals surface area contributed by atoms with E-state index in [1.54, 1.807) is 0 Å². The molecule has 0 saturated carbocycles. The molecule has 1 aromatic carbocycles. The van der Waals surface area contributed by atoms with Crippen LogP contribution >= 0.6 is 11.6 Å². The second-order valence-corrected chi connectivity index (χ2v) is 5.12. The summed E-state index contributed by atoms with van der Waals surface area (Å²) in [6.45, 7) is 7.03. The Hall–Kier alpha value is -0.770. The van der Waals surface area contributed by atoms with E-state index in [0.717, 1.165) is 12.0 Å². The van der Waals surface area contributed by atoms with Gasteiger partial charge in [-0.05, 0) is 44.9 Å². The van der Waals surface area contributed by atoms with E-state index in [-0.39, 0.29) is 12.1 Å². The normalized spacial score (nSPS) is 12.8. The predicted octanol–water partition coefficient (Wildman–Crippen LogP) is 3.03. The molecule has 0 aliphatic rings. The lowest BCUT2D eigenvalue weighted by Crippen LogP contribution is -2.17. The molecule has 0 amide bonds. The monoisotopic (exact) mass is 271 g/mol. The van der Waals surface area contributed by atoms with Gasteiger partial charge in [0, 0.05) is 6.04 Å². The van der Waals surface area contributed by atoms with Crippen molar-refractivity contribution in [1.82, 2.24) is 0 Å². The summed E-state index contributed by atoms with van der Waals surface area (Å²) in [6.07, 6.45) is 1.04. The number of hydrogen-bond donors (Lipinski definition) is 1. The van der Waals surface area contributed by atoms with Crippen LogP contribution in [0.5, 0.6) is 5.75 Å². The SMILES string of the molecule is CC(N)Cc1ccc(OCCOC(C)C)c(Cl)c1. The van der Waals surface area contributed by atoms with Gasteiger partial charge in [-0.3, -0.25) is 0 Å². The first kappa shape index (κ1) is 15.3. The van der Waals surface area contributed by atoms with Crippen LogP contribution in [0.4, 0.5) is 0 Å². The van der Waals surface area contributed by atoms with Gasteiger partial charge in [-0.1, -0.05) is 17.7 Å². The van der Waals surface area contributed by atoms with E-state index in [4.69, 9.17) is 26.8 Å². The second kappa shape index (κ2) is 7.62. The van der Waals surface area contributed by atoms with Gasteiger partial charge >= 0.3 is 0 Å². The van der Waals surface area contributed by atoms with Crippen LogP contribution in [0.3, 0.4) is 0 Å². The third-order valence-electron chi connectivity index (χ3n) is 2.35. The molecule has 102 valence electrons. The zero-order valence-corrected chi connectivity index (χ0v) is 12.0. The van der Waals surface area contributed by atoms with Gasteiger partial charge in [0.25, 0.3) is 0 Å². The fourth-order valence-electron chi connectivity index (χ4n) is 1.60. The van der Waals surface area contributed by atoms with Crippen LogP contribution in [0.15, 0.2) is 18.2 Å². The highest BCUT2D eigenvalue weighted by Gasteiger charge is 2.05. The van der Waals surface area contributed by atoms with Crippen LogP contribution < -0.4 is 10.5 Å². The van der Waals surface area contributed by atoms with Crippen LogP contribution in [0.1, 0.15) is 26.3 Å². The average Bonchev–Trinajstić information content (AvgIpc) is 2.25. The molecule has 0 bridgehead atoms. The van der Waals surface area contributed by atoms with E-state index in [9.17, 15) is 0 Å². The minimum atomic E-state index is 0.132. The summed E-state index contributed by atoms with van der Waals surface area (Å²) >= 11 is 6.15. The average molecular weight is 272 g/mol. The maximum atomic E-state index is 6.15. The lowest BCUT2D eigenvalue weighted by Gasteiger charge is -2.12. The fourth-order valence-corrected chi connectivity index (χ4v) is 1.85. The molecule has 2 N–H and O–H groups in total. The van der Waals surface area contributed by atoms with Gasteiger partial charge in [-0.25, -0.2) is 0 Å². The van der Waals surface area contributed by atoms with E-state index in [0.29, 0.717) is 24.0 Å². The summed E-state index contributed by atoms with van der Waals surface area (Å²) in [5.41, 5.74) is 6.87. The van der Waals surface area contributed by atoms with Crippen LogP contribution in [-0.2, 0) is 11.2 Å². The first-order valence-corrected chi connectivity index (χ1v) is 6.65. The lowest BCUT2D eigenvalue weighted by atomic mass is 10.1. The quantitative estimate of drug-likeness (QED) is 0.776. The maximum Gasteiger partial charge on any atom is 0.138 e. The van der Waals surface area contributed by atoms with Crippen molar-refractivity contribution >= 4 is 11.6 Å². The molecule has 0 spiro atoms. The van der Waals surface area contributed by atoms with Gasteiger partial charge in [0.2, 0.25) is 0 Å². The van der Waals surface area contributed by atoms with Crippen LogP contribution in [0, 0.1) is 0 Å². The molecule has 0 aromatic heterocycles. The number of rotatable bonds is 7. The minimum Gasteiger partial charge on any atom is -0.490 e. The Morgan fingerprint density at radius 2 is 1.94 bits per heavy atom. The van der Waals surface area contributed by atoms with Crippen LogP contribution in [0.25, 0.3) is 0 Å². The topological polar surface area (TPSA) is 44.5 Å². The lowest BCUT2D eigenvalue weighted by molar-refractivity contribution is 0.0553. The summed E-state index contributed by atoms with van der Waals surface area (Å²) in [5.74, 6) is 0.692. The van der Waals surface area contributed by atoms with Gasteiger partial charge in [-0.2, -0.15) is 0 Å². The van der Waals surface area contributed by atoms with Crippen molar-refractivity contribution < 1.29 is 9.47 Å². The predicted molar refractivity (Wildman–Crippen MR) is 75.4 cm³/mol. The molecular formula is C14H22ClNO2. The van der Waals surface area contributed by atoms with Gasteiger partial charge < -0.3 is 15.2 Å². The van der Waals surface area contributed by atoms with Crippen molar-refractivity contribution in [2.24, 2.45) is 5.73 Å². The summed E-state index contributed by atoms with van der Waals surface area (Å²) in [6, 6.07) is 5.92. The molecular weight excluding hydrogens is 250 g/mol. The highest BCUT2D eigenvalue weighted by atomic mass is 35.5. The second-order valence-electron chi connectivity index (χ2n) is 4.71. The van der Waals surface area contributed by atoms with E-state index in [2.05, 4.69) is 0 Å². The third kappa shape index (κ3) is 5.71. The fraction of sp³-hybridized carbons (Fsp3) is 0.571.